The smallest absolute Gasteiger partial charge is 0.139 e. The zero-order valence-corrected chi connectivity index (χ0v) is 17.5. The summed E-state index contributed by atoms with van der Waals surface area (Å²) in [7, 11) is 3.10. The third-order valence-corrected chi connectivity index (χ3v) is 5.25. The van der Waals surface area contributed by atoms with Crippen LogP contribution in [-0.2, 0) is 0 Å². The van der Waals surface area contributed by atoms with E-state index in [0.717, 1.165) is 11.1 Å². The zero-order chi connectivity index (χ0) is 21.3. The highest BCUT2D eigenvalue weighted by molar-refractivity contribution is 6.37. The van der Waals surface area contributed by atoms with E-state index in [1.54, 1.807) is 31.8 Å². The summed E-state index contributed by atoms with van der Waals surface area (Å²) in [5.41, 5.74) is 3.80. The number of aromatic nitrogens is 1. The summed E-state index contributed by atoms with van der Waals surface area (Å²) in [5.74, 6) is 1.07. The number of anilines is 2. The molecule has 0 spiro atoms. The number of pyridine rings is 1. The molecule has 0 bridgehead atoms. The van der Waals surface area contributed by atoms with Gasteiger partial charge in [0.1, 0.15) is 17.6 Å². The summed E-state index contributed by atoms with van der Waals surface area (Å²) in [6.07, 6.45) is 4.73. The monoisotopic (exact) mass is 439 g/mol. The fraction of sp³-hybridized carbons (Fsp3) is 0.0909. The lowest BCUT2D eigenvalue weighted by molar-refractivity contribution is 0.415. The van der Waals surface area contributed by atoms with Gasteiger partial charge in [-0.3, -0.25) is 4.98 Å². The van der Waals surface area contributed by atoms with Gasteiger partial charge in [0, 0.05) is 28.8 Å². The van der Waals surface area contributed by atoms with Crippen molar-refractivity contribution in [1.29, 1.82) is 5.26 Å². The Balaban J connectivity index is 1.92. The number of halogens is 2. The molecular formula is C22H15Cl2N3O3. The quantitative estimate of drug-likeness (QED) is 0.385. The maximum atomic E-state index is 9.65. The zero-order valence-electron chi connectivity index (χ0n) is 16.0. The molecule has 30 heavy (non-hydrogen) atoms. The molecule has 150 valence electrons. The van der Waals surface area contributed by atoms with Crippen LogP contribution in [0.1, 0.15) is 5.56 Å². The summed E-state index contributed by atoms with van der Waals surface area (Å²) in [4.78, 5) is 4.44. The van der Waals surface area contributed by atoms with Crippen LogP contribution in [0.3, 0.4) is 0 Å². The number of nitriles is 1. The second kappa shape index (κ2) is 8.15. The van der Waals surface area contributed by atoms with E-state index in [-0.39, 0.29) is 0 Å². The molecule has 2 heterocycles. The molecule has 0 radical (unpaired) electrons. The van der Waals surface area contributed by atoms with Gasteiger partial charge in [0.15, 0.2) is 0 Å². The van der Waals surface area contributed by atoms with Gasteiger partial charge in [-0.15, -0.1) is 0 Å². The lowest BCUT2D eigenvalue weighted by Crippen LogP contribution is -1.99. The van der Waals surface area contributed by atoms with Crippen LogP contribution in [0.2, 0.25) is 10.0 Å². The third-order valence-electron chi connectivity index (χ3n) is 4.64. The molecule has 8 heteroatoms. The maximum Gasteiger partial charge on any atom is 0.139 e. The van der Waals surface area contributed by atoms with E-state index in [1.807, 2.05) is 18.2 Å². The van der Waals surface area contributed by atoms with Crippen LogP contribution >= 0.6 is 23.2 Å². The molecular weight excluding hydrogens is 425 g/mol. The Morgan fingerprint density at radius 2 is 1.87 bits per heavy atom. The summed E-state index contributed by atoms with van der Waals surface area (Å²) >= 11 is 12.5. The second-order valence-corrected chi connectivity index (χ2v) is 7.15. The first-order valence-corrected chi connectivity index (χ1v) is 9.54. The average molecular weight is 440 g/mol. The van der Waals surface area contributed by atoms with Crippen LogP contribution in [0.5, 0.6) is 11.5 Å². The molecule has 0 fully saturated rings. The third kappa shape index (κ3) is 3.50. The van der Waals surface area contributed by atoms with Crippen molar-refractivity contribution in [3.05, 3.63) is 64.7 Å². The fourth-order valence-corrected chi connectivity index (χ4v) is 3.67. The van der Waals surface area contributed by atoms with Crippen molar-refractivity contribution in [3.8, 4) is 28.7 Å². The molecule has 2 aromatic heterocycles. The molecule has 0 aliphatic heterocycles. The number of ether oxygens (including phenoxy) is 2. The molecule has 4 aromatic rings. The minimum absolute atomic E-state index is 0.352. The summed E-state index contributed by atoms with van der Waals surface area (Å²) in [6, 6.07) is 11.0. The van der Waals surface area contributed by atoms with E-state index in [1.165, 1.54) is 13.3 Å². The van der Waals surface area contributed by atoms with Gasteiger partial charge in [-0.05, 0) is 24.3 Å². The molecule has 0 saturated carbocycles. The Morgan fingerprint density at radius 1 is 1.07 bits per heavy atom. The normalized spacial score (nSPS) is 10.6. The van der Waals surface area contributed by atoms with Crippen molar-refractivity contribution < 1.29 is 13.9 Å². The van der Waals surface area contributed by atoms with Crippen molar-refractivity contribution in [2.75, 3.05) is 19.5 Å². The second-order valence-electron chi connectivity index (χ2n) is 6.33. The van der Waals surface area contributed by atoms with E-state index >= 15 is 0 Å². The van der Waals surface area contributed by atoms with Crippen LogP contribution in [0.15, 0.2) is 53.5 Å². The number of methoxy groups -OCH3 is 2. The molecule has 6 nitrogen and oxygen atoms in total. The molecule has 0 aliphatic rings. The van der Waals surface area contributed by atoms with E-state index in [2.05, 4.69) is 16.4 Å². The largest absolute Gasteiger partial charge is 0.496 e. The first kappa shape index (κ1) is 19.9. The number of fused-ring (bicyclic) bond motifs is 1. The van der Waals surface area contributed by atoms with Crippen LogP contribution in [-0.4, -0.2) is 19.2 Å². The topological polar surface area (TPSA) is 80.3 Å². The predicted molar refractivity (Wildman–Crippen MR) is 117 cm³/mol. The van der Waals surface area contributed by atoms with Gasteiger partial charge in [0.05, 0.1) is 59.2 Å². The Labute approximate surface area is 182 Å². The van der Waals surface area contributed by atoms with Crippen LogP contribution in [0.4, 0.5) is 11.4 Å². The highest BCUT2D eigenvalue weighted by atomic mass is 35.5. The van der Waals surface area contributed by atoms with Crippen molar-refractivity contribution in [1.82, 2.24) is 4.98 Å². The Kier molecular flexibility index (Phi) is 5.40. The highest BCUT2D eigenvalue weighted by Crippen LogP contribution is 2.40. The number of nitrogens with zero attached hydrogens (tertiary/aromatic N) is 2. The lowest BCUT2D eigenvalue weighted by atomic mass is 10.0. The fourth-order valence-electron chi connectivity index (χ4n) is 3.17. The molecule has 1 N–H and O–H groups in total. The summed E-state index contributed by atoms with van der Waals surface area (Å²) in [5, 5.41) is 14.4. The Bertz CT molecular complexity index is 1280. The molecule has 0 aliphatic carbocycles. The van der Waals surface area contributed by atoms with E-state index in [0.29, 0.717) is 49.4 Å². The molecule has 0 atom stereocenters. The van der Waals surface area contributed by atoms with Gasteiger partial charge in [0.25, 0.3) is 0 Å². The van der Waals surface area contributed by atoms with Gasteiger partial charge < -0.3 is 19.2 Å². The van der Waals surface area contributed by atoms with Crippen LogP contribution < -0.4 is 14.8 Å². The Morgan fingerprint density at radius 3 is 2.53 bits per heavy atom. The van der Waals surface area contributed by atoms with Gasteiger partial charge >= 0.3 is 0 Å². The average Bonchev–Trinajstić information content (AvgIpc) is 3.29. The van der Waals surface area contributed by atoms with Crippen molar-refractivity contribution >= 4 is 45.5 Å². The van der Waals surface area contributed by atoms with Crippen molar-refractivity contribution in [3.63, 3.8) is 0 Å². The number of hydrogen-bond acceptors (Lipinski definition) is 6. The highest BCUT2D eigenvalue weighted by Gasteiger charge is 2.17. The summed E-state index contributed by atoms with van der Waals surface area (Å²) in [6.45, 7) is 0. The van der Waals surface area contributed by atoms with E-state index in [9.17, 15) is 5.26 Å². The Hall–Kier alpha value is -3.40. The minimum Gasteiger partial charge on any atom is -0.496 e. The molecule has 0 saturated heterocycles. The number of nitrogens with one attached hydrogen (secondary N) is 1. The van der Waals surface area contributed by atoms with Gasteiger partial charge in [-0.2, -0.15) is 5.26 Å². The predicted octanol–water partition coefficient (Wildman–Crippen LogP) is 6.43. The number of hydrogen-bond donors (Lipinski definition) is 1. The van der Waals surface area contributed by atoms with Crippen LogP contribution in [0.25, 0.3) is 22.0 Å². The number of rotatable bonds is 5. The molecule has 4 rings (SSSR count). The maximum absolute atomic E-state index is 9.65. The standard InChI is InChI=1S/C22H15Cl2N3O3/c1-28-20-6-15-18(5-14(20)12-3-4-30-11-12)26-10-13(9-25)22(15)27-19-8-21(29-2)17(24)7-16(19)23/h3-8,10-11H,1-2H3,(H,26,27). The first-order chi connectivity index (χ1) is 14.5. The molecule has 0 unspecified atom stereocenters. The summed E-state index contributed by atoms with van der Waals surface area (Å²) < 4.78 is 16.1. The van der Waals surface area contributed by atoms with Crippen molar-refractivity contribution in [2.45, 2.75) is 0 Å². The van der Waals surface area contributed by atoms with E-state index in [4.69, 9.17) is 37.1 Å². The van der Waals surface area contributed by atoms with E-state index < -0.39 is 0 Å². The molecule has 0 amide bonds. The number of furan rings is 1. The van der Waals surface area contributed by atoms with Crippen LogP contribution in [0, 0.1) is 11.3 Å². The van der Waals surface area contributed by atoms with Gasteiger partial charge in [0.2, 0.25) is 0 Å². The molecule has 2 aromatic carbocycles. The SMILES string of the molecule is COc1cc(Nc2c(C#N)cnc3cc(-c4ccoc4)c(OC)cc23)c(Cl)cc1Cl. The number of benzene rings is 2. The van der Waals surface area contributed by atoms with Crippen molar-refractivity contribution in [2.24, 2.45) is 0 Å². The van der Waals surface area contributed by atoms with Gasteiger partial charge in [-0.25, -0.2) is 0 Å². The lowest BCUT2D eigenvalue weighted by Gasteiger charge is -2.16. The van der Waals surface area contributed by atoms with Gasteiger partial charge in [-0.1, -0.05) is 23.2 Å². The minimum atomic E-state index is 0.352. The first-order valence-electron chi connectivity index (χ1n) is 8.79.